The topological polar surface area (TPSA) is 90.5 Å². The van der Waals surface area contributed by atoms with Crippen molar-refractivity contribution in [3.63, 3.8) is 0 Å². The van der Waals surface area contributed by atoms with Crippen LogP contribution in [0.5, 0.6) is 0 Å². The molecule has 0 spiro atoms. The normalized spacial score (nSPS) is 10.8. The zero-order chi connectivity index (χ0) is 19.9. The van der Waals surface area contributed by atoms with E-state index in [0.717, 1.165) is 16.8 Å². The number of amides is 1. The molecule has 2 heterocycles. The van der Waals surface area contributed by atoms with Crippen molar-refractivity contribution in [3.8, 4) is 11.4 Å². The Balaban J connectivity index is 1.22. The van der Waals surface area contributed by atoms with Crippen molar-refractivity contribution in [2.24, 2.45) is 0 Å². The highest BCUT2D eigenvalue weighted by Crippen LogP contribution is 2.13. The number of anilines is 1. The first-order chi connectivity index (χ1) is 14.3. The van der Waals surface area contributed by atoms with E-state index in [-0.39, 0.29) is 5.91 Å². The Morgan fingerprint density at radius 3 is 2.59 bits per heavy atom. The third kappa shape index (κ3) is 5.13. The molecule has 146 valence electrons. The number of tetrazole rings is 1. The van der Waals surface area contributed by atoms with Gasteiger partial charge in [0.05, 0.1) is 13.1 Å². The Hall–Kier alpha value is -3.81. The van der Waals surface area contributed by atoms with Crippen LogP contribution >= 0.6 is 0 Å². The number of carbonyl (C=O) groups excluding carboxylic acids is 1. The largest absolute Gasteiger partial charge is 0.326 e. The van der Waals surface area contributed by atoms with E-state index in [1.807, 2.05) is 71.5 Å². The van der Waals surface area contributed by atoms with Gasteiger partial charge in [-0.1, -0.05) is 42.5 Å². The van der Waals surface area contributed by atoms with Gasteiger partial charge < -0.3 is 5.32 Å². The van der Waals surface area contributed by atoms with Crippen LogP contribution in [0.4, 0.5) is 5.69 Å². The average molecular weight is 387 g/mol. The minimum atomic E-state index is -0.0341. The zero-order valence-electron chi connectivity index (χ0n) is 15.8. The second-order valence-corrected chi connectivity index (χ2v) is 6.63. The van der Waals surface area contributed by atoms with Gasteiger partial charge in [0.15, 0.2) is 0 Å². The molecule has 0 bridgehead atoms. The molecule has 8 nitrogen and oxygen atoms in total. The number of hydrogen-bond donors (Lipinski definition) is 1. The Labute approximate surface area is 168 Å². The van der Waals surface area contributed by atoms with Crippen LogP contribution < -0.4 is 5.32 Å². The average Bonchev–Trinajstić information content (AvgIpc) is 3.42. The third-order valence-electron chi connectivity index (χ3n) is 4.39. The van der Waals surface area contributed by atoms with Crippen LogP contribution in [0.2, 0.25) is 0 Å². The minimum Gasteiger partial charge on any atom is -0.326 e. The van der Waals surface area contributed by atoms with Crippen molar-refractivity contribution >= 4 is 11.6 Å². The number of nitrogens with one attached hydrogen (secondary N) is 1. The molecule has 0 radical (unpaired) electrons. The van der Waals surface area contributed by atoms with Crippen molar-refractivity contribution in [1.82, 2.24) is 30.0 Å². The van der Waals surface area contributed by atoms with Crippen LogP contribution in [0.3, 0.4) is 0 Å². The van der Waals surface area contributed by atoms with Crippen LogP contribution in [-0.2, 0) is 17.9 Å². The molecular formula is C21H21N7O. The van der Waals surface area contributed by atoms with E-state index in [1.165, 1.54) is 4.80 Å². The summed E-state index contributed by atoms with van der Waals surface area (Å²) in [6.07, 6.45) is 4.69. The molecular weight excluding hydrogens is 366 g/mol. The maximum Gasteiger partial charge on any atom is 0.224 e. The van der Waals surface area contributed by atoms with Gasteiger partial charge in [-0.15, -0.1) is 10.2 Å². The molecule has 29 heavy (non-hydrogen) atoms. The first-order valence-corrected chi connectivity index (χ1v) is 9.46. The second kappa shape index (κ2) is 8.92. The lowest BCUT2D eigenvalue weighted by atomic mass is 10.2. The van der Waals surface area contributed by atoms with Crippen LogP contribution in [0.25, 0.3) is 11.4 Å². The molecule has 1 N–H and O–H groups in total. The van der Waals surface area contributed by atoms with Crippen LogP contribution in [0.15, 0.2) is 73.1 Å². The van der Waals surface area contributed by atoms with Crippen LogP contribution in [0, 0.1) is 0 Å². The Bertz CT molecular complexity index is 1040. The monoisotopic (exact) mass is 387 g/mol. The Kier molecular flexibility index (Phi) is 5.70. The molecule has 0 fully saturated rings. The van der Waals surface area contributed by atoms with Gasteiger partial charge in [0, 0.05) is 30.1 Å². The number of carbonyl (C=O) groups is 1. The molecule has 0 saturated heterocycles. The highest BCUT2D eigenvalue weighted by Gasteiger charge is 2.07. The maximum absolute atomic E-state index is 12.2. The fourth-order valence-electron chi connectivity index (χ4n) is 2.92. The van der Waals surface area contributed by atoms with E-state index >= 15 is 0 Å². The van der Waals surface area contributed by atoms with Crippen molar-refractivity contribution in [1.29, 1.82) is 0 Å². The first kappa shape index (κ1) is 18.5. The summed E-state index contributed by atoms with van der Waals surface area (Å²) in [4.78, 5) is 13.7. The SMILES string of the molecule is O=C(CCCn1nnc(-c2ccccc2)n1)Nc1ccc(Cn2cccn2)cc1. The van der Waals surface area contributed by atoms with Crippen molar-refractivity contribution in [2.75, 3.05) is 5.32 Å². The highest BCUT2D eigenvalue weighted by atomic mass is 16.1. The van der Waals surface area contributed by atoms with Crippen molar-refractivity contribution in [3.05, 3.63) is 78.6 Å². The summed E-state index contributed by atoms with van der Waals surface area (Å²) in [6.45, 7) is 1.24. The minimum absolute atomic E-state index is 0.0341. The summed E-state index contributed by atoms with van der Waals surface area (Å²) in [6, 6.07) is 19.4. The summed E-state index contributed by atoms with van der Waals surface area (Å²) in [5.74, 6) is 0.554. The molecule has 0 aliphatic heterocycles. The van der Waals surface area contributed by atoms with Gasteiger partial charge in [0.25, 0.3) is 0 Å². The number of benzene rings is 2. The van der Waals surface area contributed by atoms with E-state index in [2.05, 4.69) is 25.8 Å². The number of aryl methyl sites for hydroxylation is 1. The second-order valence-electron chi connectivity index (χ2n) is 6.63. The highest BCUT2D eigenvalue weighted by molar-refractivity contribution is 5.90. The van der Waals surface area contributed by atoms with Gasteiger partial charge in [0.1, 0.15) is 0 Å². The predicted molar refractivity (Wildman–Crippen MR) is 109 cm³/mol. The summed E-state index contributed by atoms with van der Waals surface area (Å²) in [5.41, 5.74) is 2.83. The fraction of sp³-hybridized carbons (Fsp3) is 0.190. The molecule has 8 heteroatoms. The van der Waals surface area contributed by atoms with Gasteiger partial charge in [-0.2, -0.15) is 9.90 Å². The summed E-state index contributed by atoms with van der Waals surface area (Å²) in [7, 11) is 0. The first-order valence-electron chi connectivity index (χ1n) is 9.46. The van der Waals surface area contributed by atoms with Crippen LogP contribution in [0.1, 0.15) is 18.4 Å². The zero-order valence-corrected chi connectivity index (χ0v) is 15.8. The van der Waals surface area contributed by atoms with Gasteiger partial charge in [-0.25, -0.2) is 0 Å². The molecule has 2 aromatic carbocycles. The third-order valence-corrected chi connectivity index (χ3v) is 4.39. The summed E-state index contributed by atoms with van der Waals surface area (Å²) in [5, 5.41) is 19.6. The lowest BCUT2D eigenvalue weighted by molar-refractivity contribution is -0.116. The van der Waals surface area contributed by atoms with E-state index in [0.29, 0.717) is 31.8 Å². The molecule has 4 rings (SSSR count). The maximum atomic E-state index is 12.2. The van der Waals surface area contributed by atoms with Crippen LogP contribution in [-0.4, -0.2) is 35.9 Å². The van der Waals surface area contributed by atoms with Gasteiger partial charge >= 0.3 is 0 Å². The lowest BCUT2D eigenvalue weighted by Crippen LogP contribution is -2.13. The standard InChI is InChI=1S/C21H21N7O/c29-20(23-19-11-9-17(10-12-19)16-27-14-5-13-22-27)8-4-15-28-25-21(24-26-28)18-6-2-1-3-7-18/h1-3,5-7,9-14H,4,8,15-16H2,(H,23,29). The molecule has 1 amide bonds. The molecule has 2 aromatic heterocycles. The van der Waals surface area contributed by atoms with Crippen molar-refractivity contribution < 1.29 is 4.79 Å². The van der Waals surface area contributed by atoms with E-state index < -0.39 is 0 Å². The molecule has 4 aromatic rings. The lowest BCUT2D eigenvalue weighted by Gasteiger charge is -2.07. The van der Waals surface area contributed by atoms with E-state index in [9.17, 15) is 4.79 Å². The number of aromatic nitrogens is 6. The summed E-state index contributed by atoms with van der Waals surface area (Å²) < 4.78 is 1.86. The van der Waals surface area contributed by atoms with Gasteiger partial charge in [-0.3, -0.25) is 9.48 Å². The number of rotatable bonds is 8. The van der Waals surface area contributed by atoms with Gasteiger partial charge in [-0.05, 0) is 35.4 Å². The summed E-state index contributed by atoms with van der Waals surface area (Å²) >= 11 is 0. The Morgan fingerprint density at radius 2 is 1.83 bits per heavy atom. The molecule has 0 unspecified atom stereocenters. The van der Waals surface area contributed by atoms with Crippen molar-refractivity contribution in [2.45, 2.75) is 25.9 Å². The molecule has 0 aliphatic rings. The quantitative estimate of drug-likeness (QED) is 0.502. The fourth-order valence-corrected chi connectivity index (χ4v) is 2.92. The number of nitrogens with zero attached hydrogens (tertiary/aromatic N) is 6. The smallest absolute Gasteiger partial charge is 0.224 e. The molecule has 0 saturated carbocycles. The van der Waals surface area contributed by atoms with Gasteiger partial charge in [0.2, 0.25) is 11.7 Å². The van der Waals surface area contributed by atoms with E-state index in [1.54, 1.807) is 6.20 Å². The number of hydrogen-bond acceptors (Lipinski definition) is 5. The molecule has 0 atom stereocenters. The predicted octanol–water partition coefficient (Wildman–Crippen LogP) is 3.00. The Morgan fingerprint density at radius 1 is 1.00 bits per heavy atom. The molecule has 0 aliphatic carbocycles. The van der Waals surface area contributed by atoms with E-state index in [4.69, 9.17) is 0 Å².